The van der Waals surface area contributed by atoms with Gasteiger partial charge in [-0.05, 0) is 88.9 Å². The number of sulfonamides is 1. The molecule has 2 aliphatic heterocycles. The second-order valence-electron chi connectivity index (χ2n) is 7.85. The number of hydrogen-bond donors (Lipinski definition) is 1. The number of hydrogen-bond acceptors (Lipinski definition) is 4. The van der Waals surface area contributed by atoms with Gasteiger partial charge in [-0.25, -0.2) is 8.42 Å². The summed E-state index contributed by atoms with van der Waals surface area (Å²) in [4.78, 5) is 2.95. The first-order valence-corrected chi connectivity index (χ1v) is 12.1. The van der Waals surface area contributed by atoms with Gasteiger partial charge in [0.05, 0.1) is 4.90 Å². The van der Waals surface area contributed by atoms with Crippen molar-refractivity contribution in [2.45, 2.75) is 62.8 Å². The summed E-state index contributed by atoms with van der Waals surface area (Å²) in [6.07, 6.45) is 7.45. The van der Waals surface area contributed by atoms with E-state index in [4.69, 9.17) is 0 Å². The standard InChI is InChI=1S/C21H35N3O2S/c1-2-19-8-6-9-21(18-19)27(25,26)24(20-10-12-22-13-11-20)17-7-16-23-14-4-3-5-15-23/h6,8-9,18,20,22H,2-5,7,10-17H2,1H3. The Morgan fingerprint density at radius 3 is 2.59 bits per heavy atom. The molecule has 0 amide bonds. The quantitative estimate of drug-likeness (QED) is 0.738. The summed E-state index contributed by atoms with van der Waals surface area (Å²) in [5, 5.41) is 3.36. The highest BCUT2D eigenvalue weighted by Gasteiger charge is 2.32. The summed E-state index contributed by atoms with van der Waals surface area (Å²) in [7, 11) is -3.45. The third kappa shape index (κ3) is 5.53. The molecule has 27 heavy (non-hydrogen) atoms. The number of aryl methyl sites for hydroxylation is 1. The molecule has 0 radical (unpaired) electrons. The van der Waals surface area contributed by atoms with Crippen LogP contribution in [0.15, 0.2) is 29.2 Å². The lowest BCUT2D eigenvalue weighted by molar-refractivity contribution is 0.205. The van der Waals surface area contributed by atoms with Crippen LogP contribution < -0.4 is 5.32 Å². The van der Waals surface area contributed by atoms with Gasteiger partial charge in [0.15, 0.2) is 0 Å². The molecule has 2 saturated heterocycles. The molecule has 1 N–H and O–H groups in total. The first-order valence-electron chi connectivity index (χ1n) is 10.6. The van der Waals surface area contributed by atoms with Gasteiger partial charge in [-0.2, -0.15) is 4.31 Å². The van der Waals surface area contributed by atoms with Gasteiger partial charge in [0, 0.05) is 12.6 Å². The molecule has 0 bridgehead atoms. The SMILES string of the molecule is CCc1cccc(S(=O)(=O)N(CCCN2CCCCC2)C2CCNCC2)c1. The number of rotatable bonds is 8. The monoisotopic (exact) mass is 393 g/mol. The van der Waals surface area contributed by atoms with Crippen LogP contribution in [-0.4, -0.2) is 62.9 Å². The first kappa shape index (κ1) is 20.8. The van der Waals surface area contributed by atoms with Gasteiger partial charge >= 0.3 is 0 Å². The molecule has 1 aromatic carbocycles. The molecular weight excluding hydrogens is 358 g/mol. The van der Waals surface area contributed by atoms with Gasteiger partial charge < -0.3 is 10.2 Å². The van der Waals surface area contributed by atoms with Gasteiger partial charge in [-0.1, -0.05) is 25.5 Å². The molecule has 6 heteroatoms. The summed E-state index contributed by atoms with van der Waals surface area (Å²) in [6, 6.07) is 7.61. The number of benzene rings is 1. The second kappa shape index (κ2) is 10.0. The smallest absolute Gasteiger partial charge is 0.243 e. The Morgan fingerprint density at radius 2 is 1.89 bits per heavy atom. The largest absolute Gasteiger partial charge is 0.317 e. The van der Waals surface area contributed by atoms with Gasteiger partial charge in [0.2, 0.25) is 10.0 Å². The molecule has 2 aliphatic rings. The molecule has 5 nitrogen and oxygen atoms in total. The minimum Gasteiger partial charge on any atom is -0.317 e. The first-order chi connectivity index (χ1) is 13.1. The second-order valence-corrected chi connectivity index (χ2v) is 9.74. The third-order valence-electron chi connectivity index (χ3n) is 5.93. The summed E-state index contributed by atoms with van der Waals surface area (Å²) in [5.74, 6) is 0. The van der Waals surface area contributed by atoms with Gasteiger partial charge in [-0.3, -0.25) is 0 Å². The highest BCUT2D eigenvalue weighted by Crippen LogP contribution is 2.24. The van der Waals surface area contributed by atoms with Crippen LogP contribution in [0.5, 0.6) is 0 Å². The fraction of sp³-hybridized carbons (Fsp3) is 0.714. The Kier molecular flexibility index (Phi) is 7.70. The highest BCUT2D eigenvalue weighted by atomic mass is 32.2. The summed E-state index contributed by atoms with van der Waals surface area (Å²) < 4.78 is 28.8. The van der Waals surface area contributed by atoms with Crippen LogP contribution in [0.1, 0.15) is 51.0 Å². The van der Waals surface area contributed by atoms with E-state index in [1.54, 1.807) is 6.07 Å². The summed E-state index contributed by atoms with van der Waals surface area (Å²) in [6.45, 7) is 7.83. The summed E-state index contributed by atoms with van der Waals surface area (Å²) in [5.41, 5.74) is 1.08. The molecule has 0 unspecified atom stereocenters. The zero-order valence-electron chi connectivity index (χ0n) is 16.7. The lowest BCUT2D eigenvalue weighted by Crippen LogP contribution is -2.47. The van der Waals surface area contributed by atoms with Crippen LogP contribution in [0.2, 0.25) is 0 Å². The van der Waals surface area contributed by atoms with Crippen LogP contribution in [0.4, 0.5) is 0 Å². The van der Waals surface area contributed by atoms with Crippen LogP contribution in [0, 0.1) is 0 Å². The zero-order chi connectivity index (χ0) is 19.1. The molecule has 152 valence electrons. The lowest BCUT2D eigenvalue weighted by atomic mass is 10.1. The maximum absolute atomic E-state index is 13.5. The molecule has 1 aromatic rings. The van der Waals surface area contributed by atoms with Crippen molar-refractivity contribution in [1.82, 2.24) is 14.5 Å². The van der Waals surface area contributed by atoms with E-state index in [0.29, 0.717) is 11.4 Å². The highest BCUT2D eigenvalue weighted by molar-refractivity contribution is 7.89. The maximum Gasteiger partial charge on any atom is 0.243 e. The number of nitrogens with one attached hydrogen (secondary N) is 1. The predicted molar refractivity (Wildman–Crippen MR) is 111 cm³/mol. The van der Waals surface area contributed by atoms with Crippen molar-refractivity contribution in [2.75, 3.05) is 39.3 Å². The van der Waals surface area contributed by atoms with Crippen LogP contribution in [0.3, 0.4) is 0 Å². The van der Waals surface area contributed by atoms with E-state index in [-0.39, 0.29) is 6.04 Å². The van der Waals surface area contributed by atoms with E-state index < -0.39 is 10.0 Å². The molecule has 2 heterocycles. The fourth-order valence-corrected chi connectivity index (χ4v) is 6.08. The molecule has 0 saturated carbocycles. The van der Waals surface area contributed by atoms with Crippen LogP contribution in [0.25, 0.3) is 0 Å². The zero-order valence-corrected chi connectivity index (χ0v) is 17.5. The third-order valence-corrected chi connectivity index (χ3v) is 7.88. The van der Waals surface area contributed by atoms with E-state index in [0.717, 1.165) is 50.9 Å². The Balaban J connectivity index is 1.73. The van der Waals surface area contributed by atoms with Crippen LogP contribution >= 0.6 is 0 Å². The van der Waals surface area contributed by atoms with Crippen molar-refractivity contribution >= 4 is 10.0 Å². The molecule has 2 fully saturated rings. The Labute approximate surface area is 165 Å². The minimum absolute atomic E-state index is 0.114. The van der Waals surface area contributed by atoms with Gasteiger partial charge in [0.25, 0.3) is 0 Å². The lowest BCUT2D eigenvalue weighted by Gasteiger charge is -2.34. The van der Waals surface area contributed by atoms with Crippen molar-refractivity contribution in [3.05, 3.63) is 29.8 Å². The average Bonchev–Trinajstić information content (AvgIpc) is 2.72. The van der Waals surface area contributed by atoms with E-state index in [1.165, 1.54) is 32.4 Å². The normalized spacial score (nSPS) is 20.2. The Morgan fingerprint density at radius 1 is 1.15 bits per heavy atom. The number of likely N-dealkylation sites (tertiary alicyclic amines) is 1. The Bertz CT molecular complexity index is 680. The minimum atomic E-state index is -3.45. The molecule has 0 aliphatic carbocycles. The van der Waals surface area contributed by atoms with E-state index >= 15 is 0 Å². The van der Waals surface area contributed by atoms with Gasteiger partial charge in [-0.15, -0.1) is 0 Å². The van der Waals surface area contributed by atoms with E-state index in [1.807, 2.05) is 22.5 Å². The van der Waals surface area contributed by atoms with E-state index in [9.17, 15) is 8.42 Å². The topological polar surface area (TPSA) is 52.7 Å². The molecule has 0 atom stereocenters. The molecule has 3 rings (SSSR count). The Hall–Kier alpha value is -0.950. The molecule has 0 spiro atoms. The predicted octanol–water partition coefficient (Wildman–Crippen LogP) is 2.87. The fourth-order valence-electron chi connectivity index (χ4n) is 4.29. The summed E-state index contributed by atoms with van der Waals surface area (Å²) >= 11 is 0. The van der Waals surface area contributed by atoms with Crippen molar-refractivity contribution in [2.24, 2.45) is 0 Å². The molecule has 0 aromatic heterocycles. The van der Waals surface area contributed by atoms with Gasteiger partial charge in [0.1, 0.15) is 0 Å². The van der Waals surface area contributed by atoms with Crippen molar-refractivity contribution in [3.63, 3.8) is 0 Å². The maximum atomic E-state index is 13.5. The van der Waals surface area contributed by atoms with Crippen molar-refractivity contribution in [1.29, 1.82) is 0 Å². The molecular formula is C21H35N3O2S. The van der Waals surface area contributed by atoms with Crippen molar-refractivity contribution in [3.8, 4) is 0 Å². The number of piperidine rings is 2. The van der Waals surface area contributed by atoms with E-state index in [2.05, 4.69) is 17.1 Å². The van der Waals surface area contributed by atoms with Crippen molar-refractivity contribution < 1.29 is 8.42 Å². The number of nitrogens with zero attached hydrogens (tertiary/aromatic N) is 2. The van der Waals surface area contributed by atoms with Crippen LogP contribution in [-0.2, 0) is 16.4 Å². The average molecular weight is 394 g/mol.